The van der Waals surface area contributed by atoms with Crippen LogP contribution in [0.15, 0.2) is 43.1 Å². The fourth-order valence-electron chi connectivity index (χ4n) is 2.89. The van der Waals surface area contributed by atoms with Gasteiger partial charge in [0.05, 0.1) is 18.7 Å². The van der Waals surface area contributed by atoms with E-state index in [1.54, 1.807) is 12.3 Å². The number of anilines is 2. The molecule has 0 amide bonds. The molecule has 0 saturated carbocycles. The predicted molar refractivity (Wildman–Crippen MR) is 100 cm³/mol. The second kappa shape index (κ2) is 6.49. The van der Waals surface area contributed by atoms with Crippen molar-refractivity contribution < 1.29 is 4.74 Å². The van der Waals surface area contributed by atoms with Crippen molar-refractivity contribution in [1.29, 1.82) is 0 Å². The van der Waals surface area contributed by atoms with Gasteiger partial charge in [0.2, 0.25) is 0 Å². The zero-order chi connectivity index (χ0) is 17.2. The van der Waals surface area contributed by atoms with Crippen molar-refractivity contribution in [3.8, 4) is 11.4 Å². The van der Waals surface area contributed by atoms with Gasteiger partial charge in [-0.15, -0.1) is 0 Å². The normalized spacial score (nSPS) is 14.6. The Labute approximate surface area is 146 Å². The molecule has 1 aliphatic heterocycles. The molecule has 0 spiro atoms. The number of nitrogens with zero attached hydrogens (tertiary/aromatic N) is 4. The summed E-state index contributed by atoms with van der Waals surface area (Å²) in [6.07, 6.45) is 3.57. The van der Waals surface area contributed by atoms with Crippen LogP contribution in [0, 0.1) is 0 Å². The van der Waals surface area contributed by atoms with Crippen molar-refractivity contribution in [3.05, 3.63) is 48.7 Å². The lowest BCUT2D eigenvalue weighted by Crippen LogP contribution is -2.37. The average Bonchev–Trinajstić information content (AvgIpc) is 2.68. The monoisotopic (exact) mass is 333 g/mol. The van der Waals surface area contributed by atoms with Gasteiger partial charge < -0.3 is 15.4 Å². The molecule has 0 aliphatic carbocycles. The molecule has 3 aromatic rings. The van der Waals surface area contributed by atoms with Crippen LogP contribution in [0.5, 0.6) is 0 Å². The number of rotatable bonds is 3. The molecule has 0 atom stereocenters. The Bertz CT molecular complexity index is 917. The van der Waals surface area contributed by atoms with E-state index < -0.39 is 0 Å². The highest BCUT2D eigenvalue weighted by molar-refractivity contribution is 5.88. The molecule has 0 unspecified atom stereocenters. The Morgan fingerprint density at radius 3 is 2.60 bits per heavy atom. The molecule has 6 heteroatoms. The first kappa shape index (κ1) is 15.5. The van der Waals surface area contributed by atoms with E-state index in [4.69, 9.17) is 20.4 Å². The lowest BCUT2D eigenvalue weighted by Gasteiger charge is -2.28. The van der Waals surface area contributed by atoms with Gasteiger partial charge in [0.25, 0.3) is 0 Å². The molecule has 1 fully saturated rings. The van der Waals surface area contributed by atoms with E-state index in [0.29, 0.717) is 24.7 Å². The standard InChI is InChI=1S/C19H19N5O/c1-2-13-11-16-17(21-12-13)19(24-7-9-25-10-8-24)23-18(22-16)14-3-5-15(20)6-4-14/h2-6,11-12H,1,7-10,20H2. The van der Waals surface area contributed by atoms with Crippen LogP contribution in [0.1, 0.15) is 5.56 Å². The highest BCUT2D eigenvalue weighted by Crippen LogP contribution is 2.27. The molecule has 0 bridgehead atoms. The number of nitrogens with two attached hydrogens (primary N) is 1. The van der Waals surface area contributed by atoms with Gasteiger partial charge in [-0.3, -0.25) is 4.98 Å². The Kier molecular flexibility index (Phi) is 4.03. The van der Waals surface area contributed by atoms with E-state index >= 15 is 0 Å². The Morgan fingerprint density at radius 1 is 1.12 bits per heavy atom. The molecule has 2 N–H and O–H groups in total. The minimum Gasteiger partial charge on any atom is -0.399 e. The van der Waals surface area contributed by atoms with Crippen molar-refractivity contribution >= 4 is 28.6 Å². The van der Waals surface area contributed by atoms with Crippen LogP contribution in [0.2, 0.25) is 0 Å². The largest absolute Gasteiger partial charge is 0.399 e. The lowest BCUT2D eigenvalue weighted by atomic mass is 10.1. The third kappa shape index (κ3) is 3.04. The van der Waals surface area contributed by atoms with Gasteiger partial charge >= 0.3 is 0 Å². The number of hydrogen-bond acceptors (Lipinski definition) is 6. The van der Waals surface area contributed by atoms with E-state index in [0.717, 1.165) is 41.1 Å². The summed E-state index contributed by atoms with van der Waals surface area (Å²) in [5, 5.41) is 0. The summed E-state index contributed by atoms with van der Waals surface area (Å²) in [5.74, 6) is 1.51. The van der Waals surface area contributed by atoms with Crippen molar-refractivity contribution in [2.24, 2.45) is 0 Å². The van der Waals surface area contributed by atoms with Gasteiger partial charge in [-0.2, -0.15) is 0 Å². The second-order valence-corrected chi connectivity index (χ2v) is 5.93. The highest BCUT2D eigenvalue weighted by Gasteiger charge is 2.19. The number of aromatic nitrogens is 3. The minimum atomic E-state index is 0.664. The fraction of sp³-hybridized carbons (Fsp3) is 0.211. The molecule has 126 valence electrons. The molecule has 1 aromatic carbocycles. The molecule has 25 heavy (non-hydrogen) atoms. The predicted octanol–water partition coefficient (Wildman–Crippen LogP) is 2.75. The van der Waals surface area contributed by atoms with Crippen LogP contribution < -0.4 is 10.6 Å². The maximum absolute atomic E-state index is 5.80. The van der Waals surface area contributed by atoms with Crippen LogP contribution in [0.25, 0.3) is 28.5 Å². The minimum absolute atomic E-state index is 0.664. The maximum Gasteiger partial charge on any atom is 0.162 e. The topological polar surface area (TPSA) is 77.2 Å². The van der Waals surface area contributed by atoms with Gasteiger partial charge in [-0.25, -0.2) is 9.97 Å². The number of morpholine rings is 1. The first-order valence-corrected chi connectivity index (χ1v) is 8.23. The van der Waals surface area contributed by atoms with Crippen LogP contribution in [-0.2, 0) is 4.74 Å². The summed E-state index contributed by atoms with van der Waals surface area (Å²) in [4.78, 5) is 16.3. The van der Waals surface area contributed by atoms with E-state index in [9.17, 15) is 0 Å². The molecule has 1 aliphatic rings. The van der Waals surface area contributed by atoms with Crippen molar-refractivity contribution in [3.63, 3.8) is 0 Å². The molecular formula is C19H19N5O. The number of fused-ring (bicyclic) bond motifs is 1. The lowest BCUT2D eigenvalue weighted by molar-refractivity contribution is 0.122. The molecule has 6 nitrogen and oxygen atoms in total. The Hall–Kier alpha value is -2.99. The van der Waals surface area contributed by atoms with Gasteiger partial charge in [0.1, 0.15) is 5.52 Å². The Morgan fingerprint density at radius 2 is 1.88 bits per heavy atom. The van der Waals surface area contributed by atoms with Crippen molar-refractivity contribution in [1.82, 2.24) is 15.0 Å². The SMILES string of the molecule is C=Cc1cnc2c(N3CCOCC3)nc(-c3ccc(N)cc3)nc2c1. The highest BCUT2D eigenvalue weighted by atomic mass is 16.5. The first-order valence-electron chi connectivity index (χ1n) is 8.23. The third-order valence-corrected chi connectivity index (χ3v) is 4.25. The van der Waals surface area contributed by atoms with Crippen LogP contribution in [0.3, 0.4) is 0 Å². The molecule has 2 aromatic heterocycles. The second-order valence-electron chi connectivity index (χ2n) is 5.93. The average molecular weight is 333 g/mol. The smallest absolute Gasteiger partial charge is 0.162 e. The summed E-state index contributed by atoms with van der Waals surface area (Å²) < 4.78 is 5.47. The fourth-order valence-corrected chi connectivity index (χ4v) is 2.89. The molecular weight excluding hydrogens is 314 g/mol. The van der Waals surface area contributed by atoms with Gasteiger partial charge in [0, 0.05) is 30.5 Å². The van der Waals surface area contributed by atoms with Gasteiger partial charge in [-0.1, -0.05) is 12.7 Å². The summed E-state index contributed by atoms with van der Waals surface area (Å²) in [6, 6.07) is 9.57. The van der Waals surface area contributed by atoms with Crippen LogP contribution in [0.4, 0.5) is 11.5 Å². The zero-order valence-electron chi connectivity index (χ0n) is 13.9. The quantitative estimate of drug-likeness (QED) is 0.743. The van der Waals surface area contributed by atoms with E-state index in [1.807, 2.05) is 30.3 Å². The summed E-state index contributed by atoms with van der Waals surface area (Å²) >= 11 is 0. The van der Waals surface area contributed by atoms with Gasteiger partial charge in [-0.05, 0) is 35.9 Å². The van der Waals surface area contributed by atoms with Crippen molar-refractivity contribution in [2.45, 2.75) is 0 Å². The van der Waals surface area contributed by atoms with E-state index in [1.165, 1.54) is 0 Å². The molecule has 3 heterocycles. The van der Waals surface area contributed by atoms with E-state index in [-0.39, 0.29) is 0 Å². The molecule has 0 radical (unpaired) electrons. The Balaban J connectivity index is 1.90. The number of hydrogen-bond donors (Lipinski definition) is 1. The number of benzene rings is 1. The van der Waals surface area contributed by atoms with Gasteiger partial charge in [0.15, 0.2) is 11.6 Å². The molecule has 4 rings (SSSR count). The summed E-state index contributed by atoms with van der Waals surface area (Å²) in [6.45, 7) is 6.77. The summed E-state index contributed by atoms with van der Waals surface area (Å²) in [5.41, 5.74) is 9.97. The third-order valence-electron chi connectivity index (χ3n) is 4.25. The van der Waals surface area contributed by atoms with Crippen molar-refractivity contribution in [2.75, 3.05) is 36.9 Å². The first-order chi connectivity index (χ1) is 12.2. The van der Waals surface area contributed by atoms with E-state index in [2.05, 4.69) is 16.5 Å². The molecule has 1 saturated heterocycles. The van der Waals surface area contributed by atoms with Crippen LogP contribution in [-0.4, -0.2) is 41.3 Å². The maximum atomic E-state index is 5.80. The van der Waals surface area contributed by atoms with Crippen LogP contribution >= 0.6 is 0 Å². The summed E-state index contributed by atoms with van der Waals surface area (Å²) in [7, 11) is 0. The number of nitrogen functional groups attached to an aromatic ring is 1. The zero-order valence-corrected chi connectivity index (χ0v) is 13.9. The number of ether oxygens (including phenoxy) is 1. The number of pyridine rings is 1.